The fraction of sp³-hybridized carbons (Fsp3) is 0.550. The summed E-state index contributed by atoms with van der Waals surface area (Å²) < 4.78 is 13.2. The molecular weight excluding hydrogens is 303 g/mol. The molecule has 0 unspecified atom stereocenters. The molecule has 2 aliphatic rings. The minimum absolute atomic E-state index is 0.222. The Hall–Kier alpha value is -1.68. The lowest BCUT2D eigenvalue weighted by Crippen LogP contribution is -2.48. The van der Waals surface area contributed by atoms with Gasteiger partial charge in [-0.2, -0.15) is 0 Å². The summed E-state index contributed by atoms with van der Waals surface area (Å²) in [5.74, 6) is -0.0223. The Morgan fingerprint density at radius 1 is 1.25 bits per heavy atom. The van der Waals surface area contributed by atoms with Crippen LogP contribution in [-0.2, 0) is 4.79 Å². The van der Waals surface area contributed by atoms with E-state index < -0.39 is 0 Å². The Kier molecular flexibility index (Phi) is 5.67. The molecule has 0 N–H and O–H groups in total. The molecule has 0 spiro atoms. The summed E-state index contributed by atoms with van der Waals surface area (Å²) in [6.45, 7) is 5.48. The zero-order valence-electron chi connectivity index (χ0n) is 14.5. The van der Waals surface area contributed by atoms with Crippen molar-refractivity contribution in [3.8, 4) is 0 Å². The molecule has 0 atom stereocenters. The van der Waals surface area contributed by atoms with Gasteiger partial charge in [0.05, 0.1) is 0 Å². The Morgan fingerprint density at radius 2 is 1.96 bits per heavy atom. The maximum Gasteiger partial charge on any atom is 0.226 e. The van der Waals surface area contributed by atoms with Gasteiger partial charge in [0.25, 0.3) is 0 Å². The van der Waals surface area contributed by atoms with E-state index in [-0.39, 0.29) is 11.7 Å². The number of carbonyl (C=O) groups is 1. The molecule has 0 bridgehead atoms. The van der Waals surface area contributed by atoms with Crippen LogP contribution in [-0.4, -0.2) is 47.4 Å². The number of rotatable bonds is 6. The Bertz CT molecular complexity index is 589. The minimum atomic E-state index is -0.245. The summed E-state index contributed by atoms with van der Waals surface area (Å²) in [7, 11) is 0. The zero-order valence-corrected chi connectivity index (χ0v) is 14.5. The standard InChI is InChI=1S/C20H27FN2O/c1-2-22-13-11-19(12-14-22)23(18-9-10-18)20(24)8-4-6-16-5-3-7-17(21)15-16/h3-7,15,18-19H,2,8-14H2,1H3/b6-4+. The van der Waals surface area contributed by atoms with E-state index in [1.54, 1.807) is 6.07 Å². The Balaban J connectivity index is 1.57. The second kappa shape index (κ2) is 7.93. The van der Waals surface area contributed by atoms with E-state index in [4.69, 9.17) is 0 Å². The van der Waals surface area contributed by atoms with Gasteiger partial charge in [-0.3, -0.25) is 4.79 Å². The van der Waals surface area contributed by atoms with Gasteiger partial charge >= 0.3 is 0 Å². The van der Waals surface area contributed by atoms with Crippen LogP contribution in [0.4, 0.5) is 4.39 Å². The molecule has 1 heterocycles. The molecule has 1 aromatic carbocycles. The van der Waals surface area contributed by atoms with E-state index in [1.165, 1.54) is 12.1 Å². The van der Waals surface area contributed by atoms with Crippen molar-refractivity contribution in [2.45, 2.75) is 51.1 Å². The van der Waals surface area contributed by atoms with Crippen LogP contribution in [0.2, 0.25) is 0 Å². The van der Waals surface area contributed by atoms with E-state index >= 15 is 0 Å². The van der Waals surface area contributed by atoms with Gasteiger partial charge in [0.2, 0.25) is 5.91 Å². The summed E-state index contributed by atoms with van der Waals surface area (Å²) in [6.07, 6.45) is 8.58. The largest absolute Gasteiger partial charge is 0.336 e. The summed E-state index contributed by atoms with van der Waals surface area (Å²) in [5, 5.41) is 0. The maximum absolute atomic E-state index is 13.2. The molecule has 2 fully saturated rings. The predicted octanol–water partition coefficient (Wildman–Crippen LogP) is 3.70. The highest BCUT2D eigenvalue weighted by Crippen LogP contribution is 2.32. The fourth-order valence-electron chi connectivity index (χ4n) is 3.58. The van der Waals surface area contributed by atoms with Gasteiger partial charge in [-0.25, -0.2) is 4.39 Å². The first kappa shape index (κ1) is 17.2. The van der Waals surface area contributed by atoms with Crippen molar-refractivity contribution in [3.05, 3.63) is 41.7 Å². The number of hydrogen-bond acceptors (Lipinski definition) is 2. The number of likely N-dealkylation sites (tertiary alicyclic amines) is 1. The molecule has 1 aliphatic heterocycles. The van der Waals surface area contributed by atoms with Crippen molar-refractivity contribution in [3.63, 3.8) is 0 Å². The number of nitrogens with zero attached hydrogens (tertiary/aromatic N) is 2. The maximum atomic E-state index is 13.2. The molecule has 1 amide bonds. The van der Waals surface area contributed by atoms with Crippen molar-refractivity contribution in [1.82, 2.24) is 9.80 Å². The second-order valence-electron chi connectivity index (χ2n) is 6.86. The topological polar surface area (TPSA) is 23.6 Å². The van der Waals surface area contributed by atoms with Crippen LogP contribution >= 0.6 is 0 Å². The van der Waals surface area contributed by atoms with Crippen LogP contribution < -0.4 is 0 Å². The van der Waals surface area contributed by atoms with Crippen LogP contribution in [0.15, 0.2) is 30.3 Å². The van der Waals surface area contributed by atoms with Crippen molar-refractivity contribution in [1.29, 1.82) is 0 Å². The summed E-state index contributed by atoms with van der Waals surface area (Å²) in [4.78, 5) is 17.3. The van der Waals surface area contributed by atoms with E-state index in [0.717, 1.165) is 50.9 Å². The lowest BCUT2D eigenvalue weighted by atomic mass is 10.0. The molecule has 1 saturated heterocycles. The van der Waals surface area contributed by atoms with Crippen molar-refractivity contribution >= 4 is 12.0 Å². The van der Waals surface area contributed by atoms with Crippen LogP contribution in [0.5, 0.6) is 0 Å². The SMILES string of the molecule is CCN1CCC(N(C(=O)C/C=C/c2cccc(F)c2)C2CC2)CC1. The average Bonchev–Trinajstić information content (AvgIpc) is 3.41. The van der Waals surface area contributed by atoms with E-state index in [9.17, 15) is 9.18 Å². The fourth-order valence-corrected chi connectivity index (χ4v) is 3.58. The Labute approximate surface area is 144 Å². The normalized spacial score (nSPS) is 19.8. The summed E-state index contributed by atoms with van der Waals surface area (Å²) in [6, 6.07) is 7.31. The van der Waals surface area contributed by atoms with Gasteiger partial charge in [0, 0.05) is 31.6 Å². The average molecular weight is 330 g/mol. The quantitative estimate of drug-likeness (QED) is 0.794. The third-order valence-electron chi connectivity index (χ3n) is 5.08. The van der Waals surface area contributed by atoms with Gasteiger partial charge in [0.15, 0.2) is 0 Å². The first-order valence-corrected chi connectivity index (χ1v) is 9.13. The molecule has 1 aliphatic carbocycles. The smallest absolute Gasteiger partial charge is 0.226 e. The van der Waals surface area contributed by atoms with Gasteiger partial charge in [0.1, 0.15) is 5.82 Å². The van der Waals surface area contributed by atoms with Crippen molar-refractivity contribution in [2.24, 2.45) is 0 Å². The van der Waals surface area contributed by atoms with Crippen LogP contribution in [0.25, 0.3) is 6.08 Å². The summed E-state index contributed by atoms with van der Waals surface area (Å²) in [5.41, 5.74) is 0.803. The highest BCUT2D eigenvalue weighted by Gasteiger charge is 2.37. The Morgan fingerprint density at radius 3 is 2.58 bits per heavy atom. The molecule has 4 heteroatoms. The predicted molar refractivity (Wildman–Crippen MR) is 95.1 cm³/mol. The highest BCUT2D eigenvalue weighted by atomic mass is 19.1. The third-order valence-corrected chi connectivity index (χ3v) is 5.08. The number of carbonyl (C=O) groups excluding carboxylic acids is 1. The number of hydrogen-bond donors (Lipinski definition) is 0. The molecule has 24 heavy (non-hydrogen) atoms. The first-order chi connectivity index (χ1) is 11.7. The molecule has 3 rings (SSSR count). The van der Waals surface area contributed by atoms with Gasteiger partial charge < -0.3 is 9.80 Å². The number of amides is 1. The molecular formula is C20H27FN2O. The lowest BCUT2D eigenvalue weighted by Gasteiger charge is -2.38. The molecule has 1 aromatic rings. The summed E-state index contributed by atoms with van der Waals surface area (Å²) >= 11 is 0. The number of piperidine rings is 1. The van der Waals surface area contributed by atoms with Crippen molar-refractivity contribution in [2.75, 3.05) is 19.6 Å². The van der Waals surface area contributed by atoms with Crippen LogP contribution in [0.1, 0.15) is 44.6 Å². The highest BCUT2D eigenvalue weighted by molar-refractivity contribution is 5.79. The van der Waals surface area contributed by atoms with E-state index in [1.807, 2.05) is 18.2 Å². The van der Waals surface area contributed by atoms with Gasteiger partial charge in [-0.05, 0) is 49.9 Å². The van der Waals surface area contributed by atoms with Gasteiger partial charge in [-0.15, -0.1) is 0 Å². The lowest BCUT2D eigenvalue weighted by molar-refractivity contribution is -0.134. The molecule has 0 radical (unpaired) electrons. The first-order valence-electron chi connectivity index (χ1n) is 9.13. The van der Waals surface area contributed by atoms with E-state index in [0.29, 0.717) is 18.5 Å². The second-order valence-corrected chi connectivity index (χ2v) is 6.86. The third kappa shape index (κ3) is 4.44. The molecule has 130 valence electrons. The minimum Gasteiger partial charge on any atom is -0.336 e. The number of benzene rings is 1. The molecule has 1 saturated carbocycles. The van der Waals surface area contributed by atoms with Crippen LogP contribution in [0, 0.1) is 5.82 Å². The number of halogens is 1. The molecule has 0 aromatic heterocycles. The zero-order chi connectivity index (χ0) is 16.9. The van der Waals surface area contributed by atoms with E-state index in [2.05, 4.69) is 16.7 Å². The van der Waals surface area contributed by atoms with Crippen LogP contribution in [0.3, 0.4) is 0 Å². The van der Waals surface area contributed by atoms with Crippen molar-refractivity contribution < 1.29 is 9.18 Å². The monoisotopic (exact) mass is 330 g/mol. The van der Waals surface area contributed by atoms with Gasteiger partial charge in [-0.1, -0.05) is 31.2 Å². The molecule has 3 nitrogen and oxygen atoms in total.